The van der Waals surface area contributed by atoms with Gasteiger partial charge in [-0.3, -0.25) is 4.79 Å². The second kappa shape index (κ2) is 8.45. The molecule has 4 nitrogen and oxygen atoms in total. The molecule has 1 aliphatic heterocycles. The number of anilines is 2. The largest absolute Gasteiger partial charge is 0.482 e. The second-order valence-electron chi connectivity index (χ2n) is 5.98. The molecular formula is C19H20Cl2N2O2. The van der Waals surface area contributed by atoms with Crippen LogP contribution in [0.3, 0.4) is 0 Å². The summed E-state index contributed by atoms with van der Waals surface area (Å²) in [6.07, 6.45) is 3.56. The number of halogens is 2. The van der Waals surface area contributed by atoms with E-state index in [1.807, 2.05) is 24.3 Å². The fourth-order valence-electron chi connectivity index (χ4n) is 2.91. The van der Waals surface area contributed by atoms with Gasteiger partial charge in [0.1, 0.15) is 5.75 Å². The molecule has 0 atom stereocenters. The Bertz CT molecular complexity index is 746. The molecule has 0 radical (unpaired) electrons. The quantitative estimate of drug-likeness (QED) is 0.795. The molecule has 0 aromatic heterocycles. The second-order valence-corrected chi connectivity index (χ2v) is 6.82. The number of benzene rings is 2. The predicted molar refractivity (Wildman–Crippen MR) is 103 cm³/mol. The third-order valence-corrected chi connectivity index (χ3v) is 4.67. The number of nitrogens with one attached hydrogen (secondary N) is 1. The van der Waals surface area contributed by atoms with E-state index in [0.29, 0.717) is 21.5 Å². The summed E-state index contributed by atoms with van der Waals surface area (Å²) in [5.74, 6) is 0.238. The highest BCUT2D eigenvalue weighted by Crippen LogP contribution is 2.31. The van der Waals surface area contributed by atoms with E-state index in [0.717, 1.165) is 31.6 Å². The van der Waals surface area contributed by atoms with Crippen molar-refractivity contribution in [2.75, 3.05) is 29.9 Å². The summed E-state index contributed by atoms with van der Waals surface area (Å²) in [6, 6.07) is 12.7. The van der Waals surface area contributed by atoms with Crippen LogP contribution in [0, 0.1) is 0 Å². The molecule has 0 aliphatic carbocycles. The third kappa shape index (κ3) is 4.80. The molecule has 2 aromatic carbocycles. The van der Waals surface area contributed by atoms with Crippen molar-refractivity contribution >= 4 is 40.5 Å². The van der Waals surface area contributed by atoms with Gasteiger partial charge in [-0.1, -0.05) is 35.3 Å². The smallest absolute Gasteiger partial charge is 0.262 e. The normalized spacial score (nSPS) is 14.2. The summed E-state index contributed by atoms with van der Waals surface area (Å²) in [4.78, 5) is 14.6. The van der Waals surface area contributed by atoms with Gasteiger partial charge in [0.15, 0.2) is 6.61 Å². The Labute approximate surface area is 157 Å². The van der Waals surface area contributed by atoms with Crippen molar-refractivity contribution in [3.63, 3.8) is 0 Å². The molecule has 25 heavy (non-hydrogen) atoms. The van der Waals surface area contributed by atoms with Gasteiger partial charge < -0.3 is 15.0 Å². The minimum Gasteiger partial charge on any atom is -0.482 e. The van der Waals surface area contributed by atoms with Crippen LogP contribution in [0.5, 0.6) is 5.75 Å². The van der Waals surface area contributed by atoms with Crippen LogP contribution in [0.4, 0.5) is 11.4 Å². The van der Waals surface area contributed by atoms with E-state index in [1.165, 1.54) is 6.42 Å². The fraction of sp³-hybridized carbons (Fsp3) is 0.316. The lowest BCUT2D eigenvalue weighted by atomic mass is 10.1. The molecule has 0 bridgehead atoms. The zero-order valence-corrected chi connectivity index (χ0v) is 15.3. The van der Waals surface area contributed by atoms with Crippen LogP contribution in [0.2, 0.25) is 10.0 Å². The van der Waals surface area contributed by atoms with Crippen molar-refractivity contribution in [1.29, 1.82) is 0 Å². The molecule has 0 unspecified atom stereocenters. The van der Waals surface area contributed by atoms with Gasteiger partial charge in [-0.2, -0.15) is 0 Å². The molecule has 132 valence electrons. The third-order valence-electron chi connectivity index (χ3n) is 4.12. The molecule has 1 fully saturated rings. The van der Waals surface area contributed by atoms with Gasteiger partial charge in [0.25, 0.3) is 5.91 Å². The van der Waals surface area contributed by atoms with Crippen LogP contribution in [0.1, 0.15) is 19.3 Å². The molecule has 0 saturated carbocycles. The van der Waals surface area contributed by atoms with Gasteiger partial charge in [-0.15, -0.1) is 0 Å². The van der Waals surface area contributed by atoms with Gasteiger partial charge in [0.05, 0.1) is 16.4 Å². The molecule has 1 heterocycles. The Hall–Kier alpha value is -1.91. The monoisotopic (exact) mass is 378 g/mol. The fourth-order valence-corrected chi connectivity index (χ4v) is 3.27. The summed E-state index contributed by atoms with van der Waals surface area (Å²) in [7, 11) is 0. The lowest BCUT2D eigenvalue weighted by molar-refractivity contribution is -0.118. The maximum absolute atomic E-state index is 12.3. The van der Waals surface area contributed by atoms with Crippen LogP contribution in [-0.2, 0) is 4.79 Å². The standard InChI is InChI=1S/C19H20Cl2N2O2/c20-14-8-9-17(23-10-4-1-5-11-23)16(12-14)22-19(24)13-25-18-7-3-2-6-15(18)21/h2-3,6-9,12H,1,4-5,10-11,13H2,(H,22,24). The number of hydrogen-bond acceptors (Lipinski definition) is 3. The molecule has 0 spiro atoms. The number of carbonyl (C=O) groups excluding carboxylic acids is 1. The van der Waals surface area contributed by atoms with Crippen molar-refractivity contribution in [3.05, 3.63) is 52.5 Å². The summed E-state index contributed by atoms with van der Waals surface area (Å²) < 4.78 is 5.50. The summed E-state index contributed by atoms with van der Waals surface area (Å²) in [5, 5.41) is 3.97. The van der Waals surface area contributed by atoms with E-state index < -0.39 is 0 Å². The first kappa shape index (κ1) is 17.9. The molecule has 1 amide bonds. The highest BCUT2D eigenvalue weighted by molar-refractivity contribution is 6.32. The van der Waals surface area contributed by atoms with Crippen molar-refractivity contribution in [2.24, 2.45) is 0 Å². The SMILES string of the molecule is O=C(COc1ccccc1Cl)Nc1cc(Cl)ccc1N1CCCCC1. The van der Waals surface area contributed by atoms with E-state index in [1.54, 1.807) is 18.2 Å². The summed E-state index contributed by atoms with van der Waals surface area (Å²) in [5.41, 5.74) is 1.71. The molecule has 1 saturated heterocycles. The minimum atomic E-state index is -0.250. The van der Waals surface area contributed by atoms with E-state index >= 15 is 0 Å². The summed E-state index contributed by atoms with van der Waals surface area (Å²) >= 11 is 12.1. The van der Waals surface area contributed by atoms with Crippen LogP contribution < -0.4 is 15.0 Å². The number of amides is 1. The first-order chi connectivity index (χ1) is 12.1. The molecule has 1 N–H and O–H groups in total. The van der Waals surface area contributed by atoms with E-state index in [9.17, 15) is 4.79 Å². The van der Waals surface area contributed by atoms with Crippen molar-refractivity contribution in [2.45, 2.75) is 19.3 Å². The van der Waals surface area contributed by atoms with Crippen molar-refractivity contribution in [3.8, 4) is 5.75 Å². The minimum absolute atomic E-state index is 0.115. The van der Waals surface area contributed by atoms with E-state index in [4.69, 9.17) is 27.9 Å². The molecular weight excluding hydrogens is 359 g/mol. The Morgan fingerprint density at radius 3 is 2.60 bits per heavy atom. The van der Waals surface area contributed by atoms with E-state index in [-0.39, 0.29) is 12.5 Å². The zero-order valence-electron chi connectivity index (χ0n) is 13.8. The first-order valence-electron chi connectivity index (χ1n) is 8.35. The Kier molecular flexibility index (Phi) is 6.05. The molecule has 1 aliphatic rings. The van der Waals surface area contributed by atoms with Crippen LogP contribution in [0.25, 0.3) is 0 Å². The Morgan fingerprint density at radius 1 is 1.08 bits per heavy atom. The topological polar surface area (TPSA) is 41.6 Å². The lowest BCUT2D eigenvalue weighted by Crippen LogP contribution is -2.31. The Balaban J connectivity index is 1.68. The number of carbonyl (C=O) groups is 1. The number of piperidine rings is 1. The number of rotatable bonds is 5. The van der Waals surface area contributed by atoms with Crippen molar-refractivity contribution in [1.82, 2.24) is 0 Å². The maximum Gasteiger partial charge on any atom is 0.262 e. The number of para-hydroxylation sites is 1. The zero-order chi connectivity index (χ0) is 17.6. The number of nitrogens with zero attached hydrogens (tertiary/aromatic N) is 1. The van der Waals surface area contributed by atoms with E-state index in [2.05, 4.69) is 10.2 Å². The molecule has 6 heteroatoms. The average Bonchev–Trinajstić information content (AvgIpc) is 2.62. The lowest BCUT2D eigenvalue weighted by Gasteiger charge is -2.30. The molecule has 2 aromatic rings. The van der Waals surface area contributed by atoms with Gasteiger partial charge in [-0.25, -0.2) is 0 Å². The van der Waals surface area contributed by atoms with Gasteiger partial charge >= 0.3 is 0 Å². The van der Waals surface area contributed by atoms with Crippen LogP contribution in [-0.4, -0.2) is 25.6 Å². The van der Waals surface area contributed by atoms with Gasteiger partial charge in [0, 0.05) is 18.1 Å². The van der Waals surface area contributed by atoms with Gasteiger partial charge in [-0.05, 0) is 49.6 Å². The van der Waals surface area contributed by atoms with Crippen LogP contribution in [0.15, 0.2) is 42.5 Å². The average molecular weight is 379 g/mol. The number of hydrogen-bond donors (Lipinski definition) is 1. The van der Waals surface area contributed by atoms with Crippen LogP contribution >= 0.6 is 23.2 Å². The number of ether oxygens (including phenoxy) is 1. The first-order valence-corrected chi connectivity index (χ1v) is 9.11. The van der Waals surface area contributed by atoms with Gasteiger partial charge in [0.2, 0.25) is 0 Å². The highest BCUT2D eigenvalue weighted by atomic mass is 35.5. The molecule has 3 rings (SSSR count). The summed E-state index contributed by atoms with van der Waals surface area (Å²) in [6.45, 7) is 1.86. The maximum atomic E-state index is 12.3. The Morgan fingerprint density at radius 2 is 1.84 bits per heavy atom. The predicted octanol–water partition coefficient (Wildman–Crippen LogP) is 5.00. The highest BCUT2D eigenvalue weighted by Gasteiger charge is 2.16. The van der Waals surface area contributed by atoms with Crippen molar-refractivity contribution < 1.29 is 9.53 Å².